The predicted molar refractivity (Wildman–Crippen MR) is 59.0 cm³/mol. The Morgan fingerprint density at radius 2 is 1.93 bits per heavy atom. The minimum absolute atomic E-state index is 0.773. The molecule has 0 heterocycles. The van der Waals surface area contributed by atoms with E-state index in [0.717, 1.165) is 23.4 Å². The van der Waals surface area contributed by atoms with Crippen molar-refractivity contribution in [3.05, 3.63) is 29.8 Å². The van der Waals surface area contributed by atoms with Gasteiger partial charge in [0.25, 0.3) is 0 Å². The fourth-order valence-electron chi connectivity index (χ4n) is 3.47. The second kappa shape index (κ2) is 3.01. The Morgan fingerprint density at radius 3 is 2.57 bits per heavy atom. The maximum Gasteiger partial charge on any atom is 0.0349 e. The largest absolute Gasteiger partial charge is 0.398 e. The van der Waals surface area contributed by atoms with Crippen LogP contribution >= 0.6 is 0 Å². The highest BCUT2D eigenvalue weighted by atomic mass is 14.6. The summed E-state index contributed by atoms with van der Waals surface area (Å²) >= 11 is 0. The van der Waals surface area contributed by atoms with Crippen LogP contribution < -0.4 is 5.73 Å². The lowest BCUT2D eigenvalue weighted by Crippen LogP contribution is -2.10. The minimum Gasteiger partial charge on any atom is -0.398 e. The summed E-state index contributed by atoms with van der Waals surface area (Å²) in [5, 5.41) is 0. The number of fused-ring (bicyclic) bond motifs is 2. The van der Waals surface area contributed by atoms with E-state index in [0.29, 0.717) is 0 Å². The smallest absolute Gasteiger partial charge is 0.0349 e. The van der Waals surface area contributed by atoms with Gasteiger partial charge in [0, 0.05) is 5.69 Å². The summed E-state index contributed by atoms with van der Waals surface area (Å²) in [6.45, 7) is 0. The summed E-state index contributed by atoms with van der Waals surface area (Å²) in [5.41, 5.74) is 8.45. The van der Waals surface area contributed by atoms with Gasteiger partial charge in [-0.2, -0.15) is 0 Å². The molecule has 14 heavy (non-hydrogen) atoms. The molecule has 1 heteroatoms. The quantitative estimate of drug-likeness (QED) is 0.671. The van der Waals surface area contributed by atoms with E-state index in [4.69, 9.17) is 5.73 Å². The van der Waals surface area contributed by atoms with Crippen molar-refractivity contribution in [2.75, 3.05) is 5.73 Å². The SMILES string of the molecule is Nc1ccccc1[C@H]1CC2CCC1C2. The van der Waals surface area contributed by atoms with Crippen molar-refractivity contribution >= 4 is 5.69 Å². The van der Waals surface area contributed by atoms with Gasteiger partial charge >= 0.3 is 0 Å². The molecule has 0 saturated heterocycles. The lowest BCUT2D eigenvalue weighted by molar-refractivity contribution is 0.421. The lowest BCUT2D eigenvalue weighted by Gasteiger charge is -2.23. The first kappa shape index (κ1) is 8.34. The molecular weight excluding hydrogens is 170 g/mol. The molecule has 1 aromatic rings. The molecule has 2 aliphatic rings. The van der Waals surface area contributed by atoms with Crippen LogP contribution in [0.1, 0.15) is 37.2 Å². The average Bonchev–Trinajstić information content (AvgIpc) is 2.79. The Morgan fingerprint density at radius 1 is 1.07 bits per heavy atom. The van der Waals surface area contributed by atoms with Crippen molar-refractivity contribution in [3.63, 3.8) is 0 Å². The molecule has 1 aromatic carbocycles. The molecule has 0 aliphatic heterocycles. The molecule has 74 valence electrons. The van der Waals surface area contributed by atoms with Gasteiger partial charge in [-0.05, 0) is 48.6 Å². The van der Waals surface area contributed by atoms with Crippen LogP contribution in [0.2, 0.25) is 0 Å². The molecule has 0 radical (unpaired) electrons. The van der Waals surface area contributed by atoms with Crippen molar-refractivity contribution in [1.82, 2.24) is 0 Å². The zero-order valence-electron chi connectivity index (χ0n) is 8.45. The maximum atomic E-state index is 6.03. The van der Waals surface area contributed by atoms with Crippen LogP contribution in [-0.2, 0) is 0 Å². The van der Waals surface area contributed by atoms with Gasteiger partial charge in [-0.1, -0.05) is 24.6 Å². The third-order valence-electron chi connectivity index (χ3n) is 4.13. The van der Waals surface area contributed by atoms with Crippen molar-refractivity contribution in [2.45, 2.75) is 31.6 Å². The van der Waals surface area contributed by atoms with Gasteiger partial charge in [0.1, 0.15) is 0 Å². The predicted octanol–water partition coefficient (Wildman–Crippen LogP) is 3.17. The summed E-state index contributed by atoms with van der Waals surface area (Å²) < 4.78 is 0. The molecule has 3 rings (SSSR count). The van der Waals surface area contributed by atoms with Crippen molar-refractivity contribution in [2.24, 2.45) is 11.8 Å². The van der Waals surface area contributed by atoms with E-state index in [2.05, 4.69) is 12.1 Å². The van der Waals surface area contributed by atoms with E-state index in [1.54, 1.807) is 0 Å². The van der Waals surface area contributed by atoms with Gasteiger partial charge in [0.05, 0.1) is 0 Å². The van der Waals surface area contributed by atoms with Gasteiger partial charge in [0.15, 0.2) is 0 Å². The highest BCUT2D eigenvalue weighted by molar-refractivity contribution is 5.49. The number of benzene rings is 1. The second-order valence-electron chi connectivity index (χ2n) is 4.91. The molecule has 1 nitrogen and oxygen atoms in total. The first-order valence-electron chi connectivity index (χ1n) is 5.69. The van der Waals surface area contributed by atoms with Crippen molar-refractivity contribution < 1.29 is 0 Å². The minimum atomic E-state index is 0.773. The molecule has 3 atom stereocenters. The highest BCUT2D eigenvalue weighted by Crippen LogP contribution is 2.53. The second-order valence-corrected chi connectivity index (χ2v) is 4.91. The van der Waals surface area contributed by atoms with Crippen LogP contribution in [0.4, 0.5) is 5.69 Å². The number of hydrogen-bond acceptors (Lipinski definition) is 1. The fourth-order valence-corrected chi connectivity index (χ4v) is 3.47. The first-order chi connectivity index (χ1) is 6.84. The van der Waals surface area contributed by atoms with E-state index in [9.17, 15) is 0 Å². The summed E-state index contributed by atoms with van der Waals surface area (Å²) in [5.74, 6) is 2.71. The molecular formula is C13H17N. The third-order valence-corrected chi connectivity index (χ3v) is 4.13. The third kappa shape index (κ3) is 1.15. The van der Waals surface area contributed by atoms with Gasteiger partial charge < -0.3 is 5.73 Å². The first-order valence-corrected chi connectivity index (χ1v) is 5.69. The molecule has 2 fully saturated rings. The number of hydrogen-bond donors (Lipinski definition) is 1. The molecule has 0 spiro atoms. The van der Waals surface area contributed by atoms with E-state index in [-0.39, 0.29) is 0 Å². The van der Waals surface area contributed by atoms with E-state index < -0.39 is 0 Å². The van der Waals surface area contributed by atoms with Crippen LogP contribution in [0.5, 0.6) is 0 Å². The molecule has 2 N–H and O–H groups in total. The number of anilines is 1. The molecule has 2 saturated carbocycles. The van der Waals surface area contributed by atoms with Gasteiger partial charge in [-0.15, -0.1) is 0 Å². The zero-order valence-corrected chi connectivity index (χ0v) is 8.45. The van der Waals surface area contributed by atoms with Gasteiger partial charge in [-0.25, -0.2) is 0 Å². The summed E-state index contributed by atoms with van der Waals surface area (Å²) in [6, 6.07) is 8.42. The molecule has 0 aromatic heterocycles. The Labute approximate surface area is 85.3 Å². The van der Waals surface area contributed by atoms with E-state index >= 15 is 0 Å². The van der Waals surface area contributed by atoms with Gasteiger partial charge in [0.2, 0.25) is 0 Å². The average molecular weight is 187 g/mol. The van der Waals surface area contributed by atoms with Crippen LogP contribution in [0.15, 0.2) is 24.3 Å². The Kier molecular flexibility index (Phi) is 1.79. The van der Waals surface area contributed by atoms with Gasteiger partial charge in [-0.3, -0.25) is 0 Å². The Balaban J connectivity index is 1.93. The number of rotatable bonds is 1. The van der Waals surface area contributed by atoms with Crippen LogP contribution in [-0.4, -0.2) is 0 Å². The Hall–Kier alpha value is -0.980. The lowest BCUT2D eigenvalue weighted by atomic mass is 9.83. The number of para-hydroxylation sites is 1. The fraction of sp³-hybridized carbons (Fsp3) is 0.538. The summed E-state index contributed by atoms with van der Waals surface area (Å²) in [6.07, 6.45) is 5.75. The van der Waals surface area contributed by atoms with Crippen LogP contribution in [0.25, 0.3) is 0 Å². The van der Waals surface area contributed by atoms with Crippen molar-refractivity contribution in [3.8, 4) is 0 Å². The molecule has 2 bridgehead atoms. The Bertz CT molecular complexity index is 345. The number of nitrogens with two attached hydrogens (primary N) is 1. The van der Waals surface area contributed by atoms with Crippen LogP contribution in [0.3, 0.4) is 0 Å². The van der Waals surface area contributed by atoms with Crippen molar-refractivity contribution in [1.29, 1.82) is 0 Å². The van der Waals surface area contributed by atoms with Crippen LogP contribution in [0, 0.1) is 11.8 Å². The molecule has 2 aliphatic carbocycles. The highest BCUT2D eigenvalue weighted by Gasteiger charge is 2.40. The monoisotopic (exact) mass is 187 g/mol. The summed E-state index contributed by atoms with van der Waals surface area (Å²) in [7, 11) is 0. The zero-order chi connectivity index (χ0) is 9.54. The summed E-state index contributed by atoms with van der Waals surface area (Å²) in [4.78, 5) is 0. The number of nitrogen functional groups attached to an aromatic ring is 1. The molecule has 2 unspecified atom stereocenters. The topological polar surface area (TPSA) is 26.0 Å². The standard InChI is InChI=1S/C13H17N/c14-13-4-2-1-3-11(13)12-8-9-5-6-10(12)7-9/h1-4,9-10,12H,5-8,14H2/t9?,10?,12-/m0/s1. The van der Waals surface area contributed by atoms with E-state index in [1.165, 1.54) is 31.2 Å². The molecule has 0 amide bonds. The van der Waals surface area contributed by atoms with E-state index in [1.807, 2.05) is 12.1 Å². The maximum absolute atomic E-state index is 6.03. The normalized spacial score (nSPS) is 35.0.